The third-order valence-electron chi connectivity index (χ3n) is 1.65. The summed E-state index contributed by atoms with van der Waals surface area (Å²) in [5.74, 6) is 0. The molecule has 0 aliphatic rings. The number of hydrogen-bond donors (Lipinski definition) is 0. The van der Waals surface area contributed by atoms with Crippen molar-refractivity contribution in [2.24, 2.45) is 0 Å². The molecule has 0 saturated carbocycles. The maximum Gasteiger partial charge on any atom is 0.314 e. The number of thioether (sulfide) groups is 2. The van der Waals surface area contributed by atoms with Crippen molar-refractivity contribution in [1.82, 2.24) is 4.98 Å². The molecule has 4 nitrogen and oxygen atoms in total. The van der Waals surface area contributed by atoms with Crippen molar-refractivity contribution >= 4 is 29.2 Å². The fraction of sp³-hybridized carbons (Fsp3) is 0.375. The van der Waals surface area contributed by atoms with E-state index in [0.717, 1.165) is 5.69 Å². The van der Waals surface area contributed by atoms with Crippen molar-refractivity contribution < 1.29 is 4.92 Å². The summed E-state index contributed by atoms with van der Waals surface area (Å²) < 4.78 is 0. The molecule has 6 heteroatoms. The van der Waals surface area contributed by atoms with E-state index in [2.05, 4.69) is 4.98 Å². The maximum atomic E-state index is 10.8. The average molecular weight is 230 g/mol. The second kappa shape index (κ2) is 4.65. The summed E-state index contributed by atoms with van der Waals surface area (Å²) in [6, 6.07) is 1.74. The molecule has 0 spiro atoms. The molecule has 76 valence electrons. The number of nitrogens with zero attached hydrogens (tertiary/aromatic N) is 2. The Morgan fingerprint density at radius 3 is 2.50 bits per heavy atom. The number of pyridine rings is 1. The Labute approximate surface area is 90.6 Å². The first-order valence-electron chi connectivity index (χ1n) is 3.84. The molecular formula is C8H10N2O2S2. The van der Waals surface area contributed by atoms with E-state index in [0.29, 0.717) is 9.92 Å². The van der Waals surface area contributed by atoms with Crippen LogP contribution in [0.15, 0.2) is 16.0 Å². The highest BCUT2D eigenvalue weighted by Gasteiger charge is 2.20. The summed E-state index contributed by atoms with van der Waals surface area (Å²) >= 11 is 2.67. The number of aryl methyl sites for hydroxylation is 1. The van der Waals surface area contributed by atoms with E-state index < -0.39 is 0 Å². The van der Waals surface area contributed by atoms with Gasteiger partial charge in [0.05, 0.1) is 9.82 Å². The second-order valence-electron chi connectivity index (χ2n) is 2.58. The zero-order chi connectivity index (χ0) is 10.7. The number of rotatable bonds is 3. The largest absolute Gasteiger partial charge is 0.314 e. The predicted molar refractivity (Wildman–Crippen MR) is 59.2 cm³/mol. The minimum atomic E-state index is -0.371. The highest BCUT2D eigenvalue weighted by atomic mass is 32.2. The molecule has 0 unspecified atom stereocenters. The molecular weight excluding hydrogens is 220 g/mol. The molecule has 0 radical (unpaired) electrons. The number of nitro groups is 1. The van der Waals surface area contributed by atoms with Gasteiger partial charge in [-0.05, 0) is 25.5 Å². The maximum absolute atomic E-state index is 10.8. The highest BCUT2D eigenvalue weighted by molar-refractivity contribution is 7.99. The van der Waals surface area contributed by atoms with Crippen LogP contribution >= 0.6 is 23.5 Å². The van der Waals surface area contributed by atoms with E-state index in [-0.39, 0.29) is 10.6 Å². The molecule has 1 aromatic rings. The van der Waals surface area contributed by atoms with Crippen LogP contribution in [-0.2, 0) is 0 Å². The van der Waals surface area contributed by atoms with Crippen LogP contribution in [0.25, 0.3) is 0 Å². The molecule has 14 heavy (non-hydrogen) atoms. The van der Waals surface area contributed by atoms with Crippen LogP contribution in [0.5, 0.6) is 0 Å². The minimum absolute atomic E-state index is 0.121. The molecule has 1 aromatic heterocycles. The van der Waals surface area contributed by atoms with E-state index in [1.165, 1.54) is 23.5 Å². The Kier molecular flexibility index (Phi) is 3.77. The van der Waals surface area contributed by atoms with Crippen LogP contribution in [0.2, 0.25) is 0 Å². The second-order valence-corrected chi connectivity index (χ2v) is 4.22. The molecule has 0 amide bonds. The first kappa shape index (κ1) is 11.3. The van der Waals surface area contributed by atoms with Crippen LogP contribution in [0.3, 0.4) is 0 Å². The molecule has 0 fully saturated rings. The summed E-state index contributed by atoms with van der Waals surface area (Å²) in [6.07, 6.45) is 3.62. The van der Waals surface area contributed by atoms with Gasteiger partial charge >= 0.3 is 5.69 Å². The summed E-state index contributed by atoms with van der Waals surface area (Å²) in [5.41, 5.74) is 0.930. The van der Waals surface area contributed by atoms with Gasteiger partial charge in [0.1, 0.15) is 0 Å². The van der Waals surface area contributed by atoms with Crippen molar-refractivity contribution in [3.63, 3.8) is 0 Å². The summed E-state index contributed by atoms with van der Waals surface area (Å²) in [7, 11) is 0. The lowest BCUT2D eigenvalue weighted by molar-refractivity contribution is -0.391. The van der Waals surface area contributed by atoms with E-state index in [4.69, 9.17) is 0 Å². The lowest BCUT2D eigenvalue weighted by Gasteiger charge is -2.04. The zero-order valence-electron chi connectivity index (χ0n) is 8.10. The Hall–Kier alpha value is -0.750. The first-order valence-corrected chi connectivity index (χ1v) is 6.29. The Balaban J connectivity index is 3.40. The van der Waals surface area contributed by atoms with E-state index in [1.807, 2.05) is 13.2 Å². The van der Waals surface area contributed by atoms with Crippen molar-refractivity contribution in [2.75, 3.05) is 12.5 Å². The molecule has 0 bridgehead atoms. The normalized spacial score (nSPS) is 10.2. The standard InChI is InChI=1S/C8H10N2O2S2/c1-5-4-6(13-2)7(10(11)12)8(9-5)14-3/h4H,1-3H3. The third kappa shape index (κ3) is 2.19. The van der Waals surface area contributed by atoms with Gasteiger partial charge in [0.25, 0.3) is 0 Å². The third-order valence-corrected chi connectivity index (χ3v) is 3.07. The monoisotopic (exact) mass is 230 g/mol. The van der Waals surface area contributed by atoms with E-state index in [1.54, 1.807) is 12.3 Å². The predicted octanol–water partition coefficient (Wildman–Crippen LogP) is 2.74. The Morgan fingerprint density at radius 1 is 1.43 bits per heavy atom. The molecule has 0 N–H and O–H groups in total. The summed E-state index contributed by atoms with van der Waals surface area (Å²) in [5, 5.41) is 11.3. The van der Waals surface area contributed by atoms with Gasteiger partial charge in [-0.2, -0.15) is 0 Å². The molecule has 0 aromatic carbocycles. The average Bonchev–Trinajstić information content (AvgIpc) is 2.15. The number of aromatic nitrogens is 1. The smallest absolute Gasteiger partial charge is 0.258 e. The topological polar surface area (TPSA) is 56.0 Å². The highest BCUT2D eigenvalue weighted by Crippen LogP contribution is 2.34. The fourth-order valence-corrected chi connectivity index (χ4v) is 2.41. The van der Waals surface area contributed by atoms with Crippen LogP contribution in [0.1, 0.15) is 5.69 Å². The van der Waals surface area contributed by atoms with Gasteiger partial charge in [0.15, 0.2) is 5.03 Å². The fourth-order valence-electron chi connectivity index (χ4n) is 1.07. The molecule has 1 rings (SSSR count). The van der Waals surface area contributed by atoms with Gasteiger partial charge in [-0.1, -0.05) is 0 Å². The lowest BCUT2D eigenvalue weighted by Crippen LogP contribution is -1.97. The van der Waals surface area contributed by atoms with Crippen LogP contribution in [0, 0.1) is 17.0 Å². The van der Waals surface area contributed by atoms with Crippen molar-refractivity contribution in [2.45, 2.75) is 16.8 Å². The summed E-state index contributed by atoms with van der Waals surface area (Å²) in [4.78, 5) is 15.2. The van der Waals surface area contributed by atoms with Crippen LogP contribution in [-0.4, -0.2) is 22.4 Å². The molecule has 0 saturated heterocycles. The van der Waals surface area contributed by atoms with Gasteiger partial charge in [-0.25, -0.2) is 4.98 Å². The molecule has 0 atom stereocenters. The van der Waals surface area contributed by atoms with E-state index >= 15 is 0 Å². The van der Waals surface area contributed by atoms with Crippen LogP contribution in [0.4, 0.5) is 5.69 Å². The molecule has 1 heterocycles. The Bertz CT molecular complexity index is 343. The van der Waals surface area contributed by atoms with Crippen molar-refractivity contribution in [3.8, 4) is 0 Å². The van der Waals surface area contributed by atoms with Crippen LogP contribution < -0.4 is 0 Å². The van der Waals surface area contributed by atoms with Gasteiger partial charge in [-0.15, -0.1) is 23.5 Å². The van der Waals surface area contributed by atoms with Gasteiger partial charge in [0, 0.05) is 5.69 Å². The minimum Gasteiger partial charge on any atom is -0.258 e. The summed E-state index contributed by atoms with van der Waals surface area (Å²) in [6.45, 7) is 1.84. The van der Waals surface area contributed by atoms with E-state index in [9.17, 15) is 10.1 Å². The Morgan fingerprint density at radius 2 is 2.07 bits per heavy atom. The SMILES string of the molecule is CSc1cc(C)nc(SC)c1[N+](=O)[O-]. The quantitative estimate of drug-likeness (QED) is 0.454. The van der Waals surface area contributed by atoms with Gasteiger partial charge in [0.2, 0.25) is 0 Å². The first-order chi connectivity index (χ1) is 6.60. The zero-order valence-corrected chi connectivity index (χ0v) is 9.74. The van der Waals surface area contributed by atoms with Crippen molar-refractivity contribution in [1.29, 1.82) is 0 Å². The lowest BCUT2D eigenvalue weighted by atomic mass is 10.3. The van der Waals surface area contributed by atoms with Gasteiger partial charge in [-0.3, -0.25) is 10.1 Å². The van der Waals surface area contributed by atoms with Gasteiger partial charge < -0.3 is 0 Å². The molecule has 0 aliphatic heterocycles. The molecule has 0 aliphatic carbocycles. The number of hydrogen-bond acceptors (Lipinski definition) is 5. The van der Waals surface area contributed by atoms with Crippen molar-refractivity contribution in [3.05, 3.63) is 21.9 Å².